The van der Waals surface area contributed by atoms with E-state index in [9.17, 15) is 4.79 Å². The van der Waals surface area contributed by atoms with Crippen LogP contribution >= 0.6 is 0 Å². The molecule has 0 radical (unpaired) electrons. The normalized spacial score (nSPS) is 34.8. The van der Waals surface area contributed by atoms with E-state index in [1.54, 1.807) is 4.90 Å². The van der Waals surface area contributed by atoms with Gasteiger partial charge in [0.2, 0.25) is 0 Å². The third-order valence-corrected chi connectivity index (χ3v) is 3.26. The van der Waals surface area contributed by atoms with Gasteiger partial charge < -0.3 is 10.0 Å². The van der Waals surface area contributed by atoms with Crippen LogP contribution in [-0.4, -0.2) is 28.7 Å². The lowest BCUT2D eigenvalue weighted by atomic mass is 9.85. The first kappa shape index (κ1) is 7.90. The van der Waals surface area contributed by atoms with Crippen LogP contribution in [0, 0.1) is 5.92 Å². The first-order valence-corrected chi connectivity index (χ1v) is 4.78. The Morgan fingerprint density at radius 3 is 2.75 bits per heavy atom. The maximum absolute atomic E-state index is 10.8. The van der Waals surface area contributed by atoms with Crippen molar-refractivity contribution in [3.63, 3.8) is 0 Å². The van der Waals surface area contributed by atoms with E-state index in [0.717, 1.165) is 19.4 Å². The lowest BCUT2D eigenvalue weighted by molar-refractivity contribution is 0.124. The Bertz CT molecular complexity index is 193. The van der Waals surface area contributed by atoms with Gasteiger partial charge in [-0.05, 0) is 25.2 Å². The predicted octanol–water partition coefficient (Wildman–Crippen LogP) is 1.93. The number of carbonyl (C=O) groups is 1. The van der Waals surface area contributed by atoms with E-state index in [2.05, 4.69) is 0 Å². The molecule has 68 valence electrons. The Kier molecular flexibility index (Phi) is 1.95. The van der Waals surface area contributed by atoms with Gasteiger partial charge in [-0.15, -0.1) is 0 Å². The molecule has 1 heterocycles. The first-order valence-electron chi connectivity index (χ1n) is 4.78. The van der Waals surface area contributed by atoms with Crippen LogP contribution in [0.15, 0.2) is 0 Å². The van der Waals surface area contributed by atoms with Crippen LogP contribution in [0.1, 0.15) is 32.1 Å². The molecule has 1 N–H and O–H groups in total. The van der Waals surface area contributed by atoms with Gasteiger partial charge in [-0.3, -0.25) is 0 Å². The molecule has 1 saturated carbocycles. The van der Waals surface area contributed by atoms with Crippen molar-refractivity contribution < 1.29 is 9.90 Å². The molecule has 0 aromatic carbocycles. The number of hydrogen-bond acceptors (Lipinski definition) is 1. The second-order valence-electron chi connectivity index (χ2n) is 3.88. The number of amides is 1. The maximum Gasteiger partial charge on any atom is 0.407 e. The summed E-state index contributed by atoms with van der Waals surface area (Å²) >= 11 is 0. The fourth-order valence-electron chi connectivity index (χ4n) is 2.64. The minimum Gasteiger partial charge on any atom is -0.465 e. The Morgan fingerprint density at radius 1 is 1.25 bits per heavy atom. The molecule has 2 fully saturated rings. The highest BCUT2D eigenvalue weighted by Crippen LogP contribution is 2.35. The Balaban J connectivity index is 2.05. The molecule has 3 heteroatoms. The van der Waals surface area contributed by atoms with Gasteiger partial charge in [0.25, 0.3) is 0 Å². The van der Waals surface area contributed by atoms with Crippen LogP contribution in [-0.2, 0) is 0 Å². The SMILES string of the molecule is O=C(O)N1CC[C@H]2CCCC[C@@H]21. The minimum absolute atomic E-state index is 0.358. The largest absolute Gasteiger partial charge is 0.465 e. The second-order valence-corrected chi connectivity index (χ2v) is 3.88. The van der Waals surface area contributed by atoms with Crippen LogP contribution < -0.4 is 0 Å². The van der Waals surface area contributed by atoms with E-state index in [1.165, 1.54) is 19.3 Å². The Labute approximate surface area is 72.4 Å². The van der Waals surface area contributed by atoms with E-state index in [4.69, 9.17) is 5.11 Å². The van der Waals surface area contributed by atoms with Crippen LogP contribution in [0.2, 0.25) is 0 Å². The zero-order valence-electron chi connectivity index (χ0n) is 7.20. The number of hydrogen-bond donors (Lipinski definition) is 1. The van der Waals surface area contributed by atoms with E-state index in [0.29, 0.717) is 12.0 Å². The fraction of sp³-hybridized carbons (Fsp3) is 0.889. The van der Waals surface area contributed by atoms with E-state index < -0.39 is 6.09 Å². The minimum atomic E-state index is -0.718. The molecule has 1 aliphatic carbocycles. The van der Waals surface area contributed by atoms with Crippen molar-refractivity contribution in [1.29, 1.82) is 0 Å². The molecule has 2 aliphatic rings. The molecule has 1 saturated heterocycles. The maximum atomic E-state index is 10.8. The third kappa shape index (κ3) is 1.17. The third-order valence-electron chi connectivity index (χ3n) is 3.26. The van der Waals surface area contributed by atoms with Gasteiger partial charge in [0.05, 0.1) is 0 Å². The van der Waals surface area contributed by atoms with Crippen molar-refractivity contribution in [2.75, 3.05) is 6.54 Å². The summed E-state index contributed by atoms with van der Waals surface area (Å²) in [6.45, 7) is 0.769. The smallest absolute Gasteiger partial charge is 0.407 e. The summed E-state index contributed by atoms with van der Waals surface area (Å²) in [7, 11) is 0. The molecule has 0 aromatic heterocycles. The number of rotatable bonds is 0. The zero-order valence-corrected chi connectivity index (χ0v) is 7.20. The zero-order chi connectivity index (χ0) is 8.55. The van der Waals surface area contributed by atoms with Gasteiger partial charge in [-0.2, -0.15) is 0 Å². The summed E-state index contributed by atoms with van der Waals surface area (Å²) in [6.07, 6.45) is 5.23. The fourth-order valence-corrected chi connectivity index (χ4v) is 2.64. The van der Waals surface area contributed by atoms with Gasteiger partial charge in [-0.1, -0.05) is 12.8 Å². The average molecular weight is 169 g/mol. The molecular formula is C9H15NO2. The molecular weight excluding hydrogens is 154 g/mol. The number of likely N-dealkylation sites (tertiary alicyclic amines) is 1. The first-order chi connectivity index (χ1) is 5.79. The molecule has 1 aliphatic heterocycles. The van der Waals surface area contributed by atoms with Crippen LogP contribution in [0.3, 0.4) is 0 Å². The van der Waals surface area contributed by atoms with Gasteiger partial charge in [0.15, 0.2) is 0 Å². The standard InChI is InChI=1S/C9H15NO2/c11-9(12)10-6-5-7-3-1-2-4-8(7)10/h7-8H,1-6H2,(H,11,12)/t7-,8+/m1/s1. The molecule has 12 heavy (non-hydrogen) atoms. The number of fused-ring (bicyclic) bond motifs is 1. The van der Waals surface area contributed by atoms with E-state index >= 15 is 0 Å². The van der Waals surface area contributed by atoms with Crippen molar-refractivity contribution in [1.82, 2.24) is 4.90 Å². The molecule has 0 unspecified atom stereocenters. The molecule has 2 rings (SSSR count). The Morgan fingerprint density at radius 2 is 2.00 bits per heavy atom. The summed E-state index contributed by atoms with van der Waals surface area (Å²) in [6, 6.07) is 0.358. The highest BCUT2D eigenvalue weighted by Gasteiger charge is 2.37. The van der Waals surface area contributed by atoms with Gasteiger partial charge in [0.1, 0.15) is 0 Å². The van der Waals surface area contributed by atoms with Crippen molar-refractivity contribution >= 4 is 6.09 Å². The topological polar surface area (TPSA) is 40.5 Å². The molecule has 1 amide bonds. The van der Waals surface area contributed by atoms with Crippen molar-refractivity contribution in [3.05, 3.63) is 0 Å². The van der Waals surface area contributed by atoms with E-state index in [-0.39, 0.29) is 0 Å². The summed E-state index contributed by atoms with van der Waals surface area (Å²) in [4.78, 5) is 12.4. The number of nitrogens with zero attached hydrogens (tertiary/aromatic N) is 1. The molecule has 0 spiro atoms. The quantitative estimate of drug-likeness (QED) is 0.602. The monoisotopic (exact) mass is 169 g/mol. The summed E-state index contributed by atoms with van der Waals surface area (Å²) in [5.41, 5.74) is 0. The summed E-state index contributed by atoms with van der Waals surface area (Å²) in [5.74, 6) is 0.676. The summed E-state index contributed by atoms with van der Waals surface area (Å²) < 4.78 is 0. The van der Waals surface area contributed by atoms with E-state index in [1.807, 2.05) is 0 Å². The van der Waals surface area contributed by atoms with Crippen LogP contribution in [0.5, 0.6) is 0 Å². The molecule has 3 nitrogen and oxygen atoms in total. The van der Waals surface area contributed by atoms with Gasteiger partial charge in [-0.25, -0.2) is 4.79 Å². The highest BCUT2D eigenvalue weighted by molar-refractivity contribution is 5.65. The van der Waals surface area contributed by atoms with Crippen molar-refractivity contribution in [3.8, 4) is 0 Å². The highest BCUT2D eigenvalue weighted by atomic mass is 16.4. The Hall–Kier alpha value is -0.730. The second kappa shape index (κ2) is 2.96. The summed E-state index contributed by atoms with van der Waals surface area (Å²) in [5, 5.41) is 8.88. The lowest BCUT2D eigenvalue weighted by Crippen LogP contribution is -2.38. The average Bonchev–Trinajstić information content (AvgIpc) is 2.47. The van der Waals surface area contributed by atoms with Crippen molar-refractivity contribution in [2.45, 2.75) is 38.1 Å². The molecule has 0 bridgehead atoms. The lowest BCUT2D eigenvalue weighted by Gasteiger charge is -2.29. The van der Waals surface area contributed by atoms with Crippen LogP contribution in [0.4, 0.5) is 4.79 Å². The van der Waals surface area contributed by atoms with Gasteiger partial charge in [0, 0.05) is 12.6 Å². The number of carboxylic acid groups (broad SMARTS) is 1. The van der Waals surface area contributed by atoms with Gasteiger partial charge >= 0.3 is 6.09 Å². The predicted molar refractivity (Wildman–Crippen MR) is 45.1 cm³/mol. The molecule has 2 atom stereocenters. The van der Waals surface area contributed by atoms with Crippen molar-refractivity contribution in [2.24, 2.45) is 5.92 Å². The van der Waals surface area contributed by atoms with Crippen LogP contribution in [0.25, 0.3) is 0 Å². The molecule has 0 aromatic rings.